The third-order valence-electron chi connectivity index (χ3n) is 0.663. The summed E-state index contributed by atoms with van der Waals surface area (Å²) in [6.07, 6.45) is -0.593. The molecule has 0 atom stereocenters. The summed E-state index contributed by atoms with van der Waals surface area (Å²) in [5, 5.41) is 23.2. The van der Waals surface area contributed by atoms with Gasteiger partial charge in [0.15, 0.2) is 0 Å². The number of carboxylic acid groups (broad SMARTS) is 2. The van der Waals surface area contributed by atoms with Crippen LogP contribution in [0.15, 0.2) is 0 Å². The van der Waals surface area contributed by atoms with Crippen molar-refractivity contribution in [1.82, 2.24) is 5.48 Å². The molecule has 16 nitrogen and oxygen atoms in total. The average Bonchev–Trinajstić information content (AvgIpc) is 2.22. The summed E-state index contributed by atoms with van der Waals surface area (Å²) in [7, 11) is -9.78. The second-order valence-electron chi connectivity index (χ2n) is 2.75. The van der Waals surface area contributed by atoms with Gasteiger partial charge in [-0.05, 0) is 0 Å². The van der Waals surface area contributed by atoms with E-state index >= 15 is 0 Å². The molecule has 25 heavy (non-hydrogen) atoms. The summed E-state index contributed by atoms with van der Waals surface area (Å²) in [4.78, 5) is 74.4. The van der Waals surface area contributed by atoms with Crippen LogP contribution in [0.25, 0.3) is 0 Å². The molecule has 2 amide bonds. The van der Waals surface area contributed by atoms with Gasteiger partial charge in [0.05, 0.1) is 20.7 Å². The number of nitrogens with one attached hydrogen (secondary N) is 1. The topological polar surface area (TPSA) is 311 Å². The SMILES string of the molecule is NC(=O)NO.O=C(O)CCC(=O)O.O=P(O)(O)O.O=P([O-])([O-])O.[Na+].[Na+]. The Labute approximate surface area is 184 Å². The van der Waals surface area contributed by atoms with Crippen LogP contribution in [0.2, 0.25) is 0 Å². The standard InChI is InChI=1S/C4H6O4.CH4N2O2.2Na.2H3O4P/c5-3(6)1-2-4(7)8;2-1(4)3-5;;;2*1-5(2,3)4/h1-2H2,(H,5,6)(H,7,8);5H,(H3,2,3,4);;;2*(H3,1,2,3,4)/q;;2*+1;;/p-2. The zero-order valence-corrected chi connectivity index (χ0v) is 18.7. The molecule has 0 unspecified atom stereocenters. The van der Waals surface area contributed by atoms with Crippen LogP contribution in [-0.4, -0.2) is 53.0 Å². The molecule has 0 saturated heterocycles. The molecule has 0 heterocycles. The van der Waals surface area contributed by atoms with Crippen LogP contribution in [0.4, 0.5) is 4.79 Å². The molecule has 0 aromatic carbocycles. The number of urea groups is 1. The first-order valence-electron chi connectivity index (χ1n) is 4.56. The van der Waals surface area contributed by atoms with E-state index in [9.17, 15) is 14.4 Å². The van der Waals surface area contributed by atoms with Gasteiger partial charge < -0.3 is 49.9 Å². The van der Waals surface area contributed by atoms with Crippen molar-refractivity contribution in [3.05, 3.63) is 0 Å². The summed E-state index contributed by atoms with van der Waals surface area (Å²) in [5.41, 5.74) is 5.46. The molecule has 0 saturated carbocycles. The second kappa shape index (κ2) is 22.4. The van der Waals surface area contributed by atoms with Crippen molar-refractivity contribution < 1.29 is 127 Å². The van der Waals surface area contributed by atoms with Crippen LogP contribution in [-0.2, 0) is 18.7 Å². The maximum absolute atomic E-state index is 9.64. The maximum Gasteiger partial charge on any atom is 1.00 e. The molecule has 0 aliphatic carbocycles. The number of amides is 2. The molecular formula is C5H14N2Na2O14P2. The molecule has 0 spiro atoms. The number of aliphatic carboxylic acids is 2. The van der Waals surface area contributed by atoms with Crippen molar-refractivity contribution in [3.8, 4) is 0 Å². The first kappa shape index (κ1) is 40.2. The molecule has 0 fully saturated rings. The number of hydrogen-bond donors (Lipinski definition) is 9. The van der Waals surface area contributed by atoms with E-state index in [-0.39, 0.29) is 72.0 Å². The Bertz CT molecular complexity index is 398. The molecule has 10 N–H and O–H groups in total. The number of phosphoric acid groups is 2. The molecular weight excluding hydrogens is 420 g/mol. The van der Waals surface area contributed by atoms with E-state index in [1.807, 2.05) is 0 Å². The predicted octanol–water partition coefficient (Wildman–Crippen LogP) is -10.1. The van der Waals surface area contributed by atoms with E-state index in [1.165, 1.54) is 5.48 Å². The second-order valence-corrected chi connectivity index (χ2v) is 4.71. The Kier molecular flexibility index (Phi) is 36.0. The number of carboxylic acids is 2. The van der Waals surface area contributed by atoms with Gasteiger partial charge in [0.1, 0.15) is 0 Å². The van der Waals surface area contributed by atoms with Gasteiger partial charge in [-0.2, -0.15) is 0 Å². The Morgan fingerprint density at radius 3 is 1.04 bits per heavy atom. The Hall–Kier alpha value is 0.390. The van der Waals surface area contributed by atoms with Crippen molar-refractivity contribution in [2.75, 3.05) is 0 Å². The third-order valence-corrected chi connectivity index (χ3v) is 0.663. The summed E-state index contributed by atoms with van der Waals surface area (Å²) in [6.45, 7) is 0. The molecule has 140 valence electrons. The Morgan fingerprint density at radius 2 is 1.00 bits per heavy atom. The van der Waals surface area contributed by atoms with Crippen LogP contribution >= 0.6 is 15.6 Å². The fourth-order valence-corrected chi connectivity index (χ4v) is 0.214. The fraction of sp³-hybridized carbons (Fsp3) is 0.400. The number of hydrogen-bond acceptors (Lipinski definition) is 8. The predicted molar refractivity (Wildman–Crippen MR) is 63.1 cm³/mol. The molecule has 0 rings (SSSR count). The van der Waals surface area contributed by atoms with Gasteiger partial charge in [-0.3, -0.25) is 14.8 Å². The van der Waals surface area contributed by atoms with Gasteiger partial charge in [0.2, 0.25) is 0 Å². The summed E-state index contributed by atoms with van der Waals surface area (Å²) >= 11 is 0. The van der Waals surface area contributed by atoms with E-state index in [4.69, 9.17) is 53.9 Å². The van der Waals surface area contributed by atoms with Crippen molar-refractivity contribution in [2.45, 2.75) is 12.8 Å². The quantitative estimate of drug-likeness (QED) is 0.0862. The molecule has 20 heteroatoms. The van der Waals surface area contributed by atoms with Gasteiger partial charge >= 0.3 is 84.9 Å². The Balaban J connectivity index is -0.0000000481. The van der Waals surface area contributed by atoms with Crippen LogP contribution in [0.3, 0.4) is 0 Å². The number of rotatable bonds is 3. The van der Waals surface area contributed by atoms with Crippen LogP contribution in [0.5, 0.6) is 0 Å². The number of nitrogens with two attached hydrogens (primary N) is 1. The zero-order valence-electron chi connectivity index (χ0n) is 12.9. The number of hydroxylamine groups is 1. The van der Waals surface area contributed by atoms with Crippen molar-refractivity contribution in [3.63, 3.8) is 0 Å². The molecule has 0 aliphatic rings. The fourth-order valence-electron chi connectivity index (χ4n) is 0.214. The average molecular weight is 434 g/mol. The van der Waals surface area contributed by atoms with E-state index < -0.39 is 33.6 Å². The minimum Gasteiger partial charge on any atom is -0.790 e. The van der Waals surface area contributed by atoms with Gasteiger partial charge in [0.25, 0.3) is 0 Å². The Morgan fingerprint density at radius 1 is 0.880 bits per heavy atom. The first-order valence-corrected chi connectivity index (χ1v) is 7.62. The van der Waals surface area contributed by atoms with Gasteiger partial charge in [-0.1, -0.05) is 0 Å². The van der Waals surface area contributed by atoms with Gasteiger partial charge in [0, 0.05) is 0 Å². The zero-order chi connectivity index (χ0) is 19.9. The molecule has 0 aliphatic heterocycles. The van der Waals surface area contributed by atoms with Crippen molar-refractivity contribution in [1.29, 1.82) is 0 Å². The summed E-state index contributed by atoms with van der Waals surface area (Å²) in [5.74, 6) is -2.15. The largest absolute Gasteiger partial charge is 1.00 e. The minimum atomic E-state index is -5.14. The van der Waals surface area contributed by atoms with Gasteiger partial charge in [-0.15, -0.1) is 0 Å². The van der Waals surface area contributed by atoms with Crippen LogP contribution in [0, 0.1) is 0 Å². The van der Waals surface area contributed by atoms with E-state index in [0.717, 1.165) is 0 Å². The normalized spacial score (nSPS) is 8.76. The minimum absolute atomic E-state index is 0. The van der Waals surface area contributed by atoms with Crippen molar-refractivity contribution >= 4 is 33.6 Å². The molecule has 0 radical (unpaired) electrons. The van der Waals surface area contributed by atoms with Crippen LogP contribution < -0.4 is 80.1 Å². The maximum atomic E-state index is 9.64. The van der Waals surface area contributed by atoms with Gasteiger partial charge in [-0.25, -0.2) is 14.8 Å². The smallest absolute Gasteiger partial charge is 0.790 e. The summed E-state index contributed by atoms with van der Waals surface area (Å²) in [6, 6.07) is -0.940. The van der Waals surface area contributed by atoms with E-state index in [2.05, 4.69) is 5.73 Å². The molecule has 0 bridgehead atoms. The van der Waals surface area contributed by atoms with Crippen LogP contribution in [0.1, 0.15) is 12.8 Å². The monoisotopic (exact) mass is 434 g/mol. The van der Waals surface area contributed by atoms with Crippen molar-refractivity contribution in [2.24, 2.45) is 5.73 Å². The number of carbonyl (C=O) groups is 3. The third kappa shape index (κ3) is 224. The van der Waals surface area contributed by atoms with E-state index in [0.29, 0.717) is 0 Å². The number of carbonyl (C=O) groups excluding carboxylic acids is 1. The number of primary amides is 1. The van der Waals surface area contributed by atoms with E-state index in [1.54, 1.807) is 0 Å². The summed E-state index contributed by atoms with van der Waals surface area (Å²) < 4.78 is 17.5. The molecule has 0 aromatic rings. The molecule has 0 aromatic heterocycles. The first-order chi connectivity index (χ1) is 9.90.